The zero-order chi connectivity index (χ0) is 16.5. The fourth-order valence-corrected chi connectivity index (χ4v) is 2.15. The molecule has 0 radical (unpaired) electrons. The van der Waals surface area contributed by atoms with Crippen LogP contribution in [0.4, 0.5) is 18.9 Å². The molecule has 1 aromatic carbocycles. The van der Waals surface area contributed by atoms with E-state index in [0.717, 1.165) is 12.1 Å². The van der Waals surface area contributed by atoms with Crippen LogP contribution >= 0.6 is 0 Å². The standard InChI is InChI=1S/C15H15F3N2O2/c1-4-20(14(21)13-9(2)22-10(3)19-13)12-7-5-6-11(8-12)15(16,17)18/h5-8H,4H2,1-3H3. The van der Waals surface area contributed by atoms with Gasteiger partial charge in [0.15, 0.2) is 11.6 Å². The van der Waals surface area contributed by atoms with Gasteiger partial charge in [-0.3, -0.25) is 4.79 Å². The van der Waals surface area contributed by atoms with Gasteiger partial charge in [-0.25, -0.2) is 4.98 Å². The third kappa shape index (κ3) is 3.13. The van der Waals surface area contributed by atoms with Crippen LogP contribution in [0.25, 0.3) is 0 Å². The van der Waals surface area contributed by atoms with Gasteiger partial charge < -0.3 is 9.32 Å². The average Bonchev–Trinajstić information content (AvgIpc) is 2.78. The smallest absolute Gasteiger partial charge is 0.416 e. The maximum atomic E-state index is 12.8. The molecule has 2 aromatic rings. The number of nitrogens with zero attached hydrogens (tertiary/aromatic N) is 2. The molecule has 0 unspecified atom stereocenters. The van der Waals surface area contributed by atoms with Crippen LogP contribution in [0, 0.1) is 13.8 Å². The molecular weight excluding hydrogens is 297 g/mol. The van der Waals surface area contributed by atoms with Gasteiger partial charge >= 0.3 is 6.18 Å². The van der Waals surface area contributed by atoms with Crippen LogP contribution in [0.1, 0.15) is 34.6 Å². The number of anilines is 1. The number of carbonyl (C=O) groups is 1. The minimum absolute atomic E-state index is 0.108. The summed E-state index contributed by atoms with van der Waals surface area (Å²) >= 11 is 0. The number of alkyl halides is 3. The fraction of sp³-hybridized carbons (Fsp3) is 0.333. The van der Waals surface area contributed by atoms with Gasteiger partial charge in [-0.2, -0.15) is 13.2 Å². The van der Waals surface area contributed by atoms with Crippen molar-refractivity contribution in [3.63, 3.8) is 0 Å². The zero-order valence-corrected chi connectivity index (χ0v) is 12.4. The summed E-state index contributed by atoms with van der Waals surface area (Å²) in [6.07, 6.45) is -4.46. The lowest BCUT2D eigenvalue weighted by Crippen LogP contribution is -2.31. The first-order chi connectivity index (χ1) is 10.2. The molecule has 0 saturated heterocycles. The number of aryl methyl sites for hydroxylation is 2. The van der Waals surface area contributed by atoms with E-state index < -0.39 is 17.6 Å². The van der Waals surface area contributed by atoms with Gasteiger partial charge in [-0.05, 0) is 32.0 Å². The Hall–Kier alpha value is -2.31. The highest BCUT2D eigenvalue weighted by atomic mass is 19.4. The lowest BCUT2D eigenvalue weighted by molar-refractivity contribution is -0.137. The lowest BCUT2D eigenvalue weighted by atomic mass is 10.1. The largest absolute Gasteiger partial charge is 0.445 e. The first-order valence-electron chi connectivity index (χ1n) is 6.67. The van der Waals surface area contributed by atoms with Gasteiger partial charge in [-0.1, -0.05) is 6.07 Å². The van der Waals surface area contributed by atoms with E-state index in [1.54, 1.807) is 20.8 Å². The van der Waals surface area contributed by atoms with E-state index in [4.69, 9.17) is 4.42 Å². The summed E-state index contributed by atoms with van der Waals surface area (Å²) in [4.78, 5) is 17.7. The molecule has 1 aromatic heterocycles. The number of rotatable bonds is 3. The first kappa shape index (κ1) is 16.1. The summed E-state index contributed by atoms with van der Waals surface area (Å²) < 4.78 is 43.6. The maximum Gasteiger partial charge on any atom is 0.416 e. The van der Waals surface area contributed by atoms with Crippen molar-refractivity contribution in [3.8, 4) is 0 Å². The van der Waals surface area contributed by atoms with Gasteiger partial charge in [-0.15, -0.1) is 0 Å². The third-order valence-electron chi connectivity index (χ3n) is 3.15. The Bertz CT molecular complexity index is 692. The summed E-state index contributed by atoms with van der Waals surface area (Å²) in [7, 11) is 0. The number of aromatic nitrogens is 1. The van der Waals surface area contributed by atoms with Crippen LogP contribution in [0.5, 0.6) is 0 Å². The predicted molar refractivity (Wildman–Crippen MR) is 74.8 cm³/mol. The van der Waals surface area contributed by atoms with Crippen LogP contribution in [0.15, 0.2) is 28.7 Å². The Morgan fingerprint density at radius 3 is 2.50 bits per heavy atom. The Labute approximate surface area is 125 Å². The highest BCUT2D eigenvalue weighted by Crippen LogP contribution is 2.32. The van der Waals surface area contributed by atoms with Gasteiger partial charge in [0.1, 0.15) is 5.76 Å². The van der Waals surface area contributed by atoms with E-state index in [1.165, 1.54) is 17.0 Å². The van der Waals surface area contributed by atoms with Crippen LogP contribution in [0.2, 0.25) is 0 Å². The Kier molecular flexibility index (Phi) is 4.25. The van der Waals surface area contributed by atoms with E-state index in [2.05, 4.69) is 4.98 Å². The highest BCUT2D eigenvalue weighted by molar-refractivity contribution is 6.05. The molecule has 7 heteroatoms. The monoisotopic (exact) mass is 312 g/mol. The van der Waals surface area contributed by atoms with Crippen LogP contribution in [0.3, 0.4) is 0 Å². The van der Waals surface area contributed by atoms with Crippen molar-refractivity contribution in [2.24, 2.45) is 0 Å². The second-order valence-corrected chi connectivity index (χ2v) is 4.74. The number of hydrogen-bond acceptors (Lipinski definition) is 3. The molecule has 0 N–H and O–H groups in total. The number of oxazole rings is 1. The summed E-state index contributed by atoms with van der Waals surface area (Å²) in [5.74, 6) is 0.185. The molecule has 22 heavy (non-hydrogen) atoms. The SMILES string of the molecule is CCN(C(=O)c1nc(C)oc1C)c1cccc(C(F)(F)F)c1. The molecule has 0 bridgehead atoms. The van der Waals surface area contributed by atoms with Gasteiger partial charge in [0, 0.05) is 19.2 Å². The Morgan fingerprint density at radius 1 is 1.32 bits per heavy atom. The minimum atomic E-state index is -4.46. The first-order valence-corrected chi connectivity index (χ1v) is 6.67. The minimum Gasteiger partial charge on any atom is -0.445 e. The molecule has 0 spiro atoms. The summed E-state index contributed by atoms with van der Waals surface area (Å²) in [5, 5.41) is 0. The van der Waals surface area contributed by atoms with Crippen molar-refractivity contribution in [1.29, 1.82) is 0 Å². The molecule has 0 saturated carbocycles. The van der Waals surface area contributed by atoms with Crippen LogP contribution in [-0.2, 0) is 6.18 Å². The number of amides is 1. The maximum absolute atomic E-state index is 12.8. The van der Waals surface area contributed by atoms with Gasteiger partial charge in [0.2, 0.25) is 0 Å². The molecule has 1 amide bonds. The number of benzene rings is 1. The van der Waals surface area contributed by atoms with Crippen LogP contribution < -0.4 is 4.90 Å². The predicted octanol–water partition coefficient (Wildman–Crippen LogP) is 3.98. The molecule has 4 nitrogen and oxygen atoms in total. The number of carbonyl (C=O) groups excluding carboxylic acids is 1. The molecule has 118 valence electrons. The van der Waals surface area contributed by atoms with E-state index >= 15 is 0 Å². The van der Waals surface area contributed by atoms with Gasteiger partial charge in [0.05, 0.1) is 5.56 Å². The zero-order valence-electron chi connectivity index (χ0n) is 12.4. The van der Waals surface area contributed by atoms with E-state index in [0.29, 0.717) is 11.7 Å². The molecule has 0 aliphatic rings. The van der Waals surface area contributed by atoms with Crippen LogP contribution in [-0.4, -0.2) is 17.4 Å². The normalized spacial score (nSPS) is 11.5. The molecular formula is C15H15F3N2O2. The van der Waals surface area contributed by atoms with E-state index in [9.17, 15) is 18.0 Å². The lowest BCUT2D eigenvalue weighted by Gasteiger charge is -2.21. The third-order valence-corrected chi connectivity index (χ3v) is 3.15. The molecule has 0 fully saturated rings. The summed E-state index contributed by atoms with van der Waals surface area (Å²) in [5.41, 5.74) is -0.525. The fourth-order valence-electron chi connectivity index (χ4n) is 2.15. The number of hydrogen-bond donors (Lipinski definition) is 0. The number of halogens is 3. The van der Waals surface area contributed by atoms with Crippen molar-refractivity contribution in [1.82, 2.24) is 4.98 Å². The molecule has 0 aliphatic heterocycles. The average molecular weight is 312 g/mol. The quantitative estimate of drug-likeness (QED) is 0.861. The molecule has 2 rings (SSSR count). The molecule has 0 atom stereocenters. The van der Waals surface area contributed by atoms with E-state index in [1.807, 2.05) is 0 Å². The van der Waals surface area contributed by atoms with E-state index in [-0.39, 0.29) is 17.9 Å². The Morgan fingerprint density at radius 2 is 2.00 bits per heavy atom. The van der Waals surface area contributed by atoms with Crippen molar-refractivity contribution in [2.75, 3.05) is 11.4 Å². The van der Waals surface area contributed by atoms with Crippen molar-refractivity contribution >= 4 is 11.6 Å². The molecule has 1 heterocycles. The topological polar surface area (TPSA) is 46.3 Å². The van der Waals surface area contributed by atoms with Gasteiger partial charge in [0.25, 0.3) is 5.91 Å². The van der Waals surface area contributed by atoms with Crippen molar-refractivity contribution in [2.45, 2.75) is 26.9 Å². The van der Waals surface area contributed by atoms with Crippen molar-refractivity contribution < 1.29 is 22.4 Å². The summed E-state index contributed by atoms with van der Waals surface area (Å²) in [6, 6.07) is 4.64. The second-order valence-electron chi connectivity index (χ2n) is 4.74. The highest BCUT2D eigenvalue weighted by Gasteiger charge is 2.31. The van der Waals surface area contributed by atoms with Crippen molar-refractivity contribution in [3.05, 3.63) is 47.2 Å². The molecule has 0 aliphatic carbocycles. The second kappa shape index (κ2) is 5.82. The summed E-state index contributed by atoms with van der Waals surface area (Å²) in [6.45, 7) is 5.09. The Balaban J connectivity index is 2.40.